The zero-order valence-electron chi connectivity index (χ0n) is 22.0. The van der Waals surface area contributed by atoms with Gasteiger partial charge in [0.2, 0.25) is 0 Å². The van der Waals surface area contributed by atoms with E-state index in [9.17, 15) is 13.3 Å². The molecule has 0 unspecified atom stereocenters. The molecule has 0 atom stereocenters. The highest BCUT2D eigenvalue weighted by atomic mass is 35.5. The fraction of sp³-hybridized carbons (Fsp3) is 0.407. The molecule has 2 heterocycles. The van der Waals surface area contributed by atoms with Crippen LogP contribution in [-0.4, -0.2) is 25.7 Å². The SMILES string of the molecule is Cc1nc(Cl)c2c(n1)c1cc(F)c(F)cc1n2Cc1ccc(CP(=O)(OC(C)(C)C)OC(C)(C)C)cc1. The number of benzene rings is 2. The van der Waals surface area contributed by atoms with Gasteiger partial charge < -0.3 is 13.6 Å². The maximum absolute atomic E-state index is 14.2. The first-order valence-corrected chi connectivity index (χ1v) is 14.0. The van der Waals surface area contributed by atoms with Crippen molar-refractivity contribution in [2.75, 3.05) is 0 Å². The molecule has 0 N–H and O–H groups in total. The molecule has 0 saturated heterocycles. The van der Waals surface area contributed by atoms with E-state index < -0.39 is 30.4 Å². The highest BCUT2D eigenvalue weighted by Crippen LogP contribution is 2.56. The molecule has 0 aliphatic heterocycles. The summed E-state index contributed by atoms with van der Waals surface area (Å²) in [7, 11) is -3.46. The number of nitrogens with zero attached hydrogens (tertiary/aromatic N) is 3. The average Bonchev–Trinajstić information content (AvgIpc) is 2.99. The Morgan fingerprint density at radius 3 is 2.03 bits per heavy atom. The Hall–Kier alpha value is -2.38. The molecular formula is C27H31ClF2N3O3P. The summed E-state index contributed by atoms with van der Waals surface area (Å²) in [5, 5.41) is 0.660. The van der Waals surface area contributed by atoms with Gasteiger partial charge in [0.1, 0.15) is 16.9 Å². The summed E-state index contributed by atoms with van der Waals surface area (Å²) in [6.45, 7) is 13.0. The summed E-state index contributed by atoms with van der Waals surface area (Å²) in [5.74, 6) is -1.48. The zero-order chi connectivity index (χ0) is 27.3. The van der Waals surface area contributed by atoms with Crippen molar-refractivity contribution in [3.05, 3.63) is 70.1 Å². The standard InChI is InChI=1S/C27H31ClF2N3O3P/c1-16-31-23-19-12-20(29)21(30)13-22(19)33(24(23)25(28)32-16)14-17-8-10-18(11-9-17)15-37(34,35-26(2,3)4)36-27(5,6)7/h8-13H,14-15H2,1-7H3. The van der Waals surface area contributed by atoms with Crippen LogP contribution in [0.4, 0.5) is 8.78 Å². The first-order valence-electron chi connectivity index (χ1n) is 11.9. The van der Waals surface area contributed by atoms with E-state index in [1.165, 1.54) is 0 Å². The molecule has 0 aliphatic rings. The van der Waals surface area contributed by atoms with Crippen molar-refractivity contribution >= 4 is 41.1 Å². The maximum atomic E-state index is 14.2. The molecule has 0 aliphatic carbocycles. The third kappa shape index (κ3) is 6.37. The van der Waals surface area contributed by atoms with Gasteiger partial charge in [0, 0.05) is 18.0 Å². The van der Waals surface area contributed by atoms with Gasteiger partial charge in [-0.15, -0.1) is 0 Å². The van der Waals surface area contributed by atoms with E-state index in [4.69, 9.17) is 20.6 Å². The van der Waals surface area contributed by atoms with Crippen molar-refractivity contribution in [2.24, 2.45) is 0 Å². The predicted molar refractivity (Wildman–Crippen MR) is 143 cm³/mol. The summed E-state index contributed by atoms with van der Waals surface area (Å²) in [6.07, 6.45) is 0.112. The summed E-state index contributed by atoms with van der Waals surface area (Å²) in [6, 6.07) is 9.77. The average molecular weight is 550 g/mol. The predicted octanol–water partition coefficient (Wildman–Crippen LogP) is 8.20. The van der Waals surface area contributed by atoms with Crippen molar-refractivity contribution in [3.8, 4) is 0 Å². The summed E-state index contributed by atoms with van der Waals surface area (Å²) in [4.78, 5) is 8.69. The molecule has 4 aromatic rings. The van der Waals surface area contributed by atoms with Crippen LogP contribution in [0.25, 0.3) is 21.9 Å². The molecule has 198 valence electrons. The van der Waals surface area contributed by atoms with Crippen LogP contribution < -0.4 is 0 Å². The first-order chi connectivity index (χ1) is 17.0. The number of halogens is 3. The van der Waals surface area contributed by atoms with Crippen molar-refractivity contribution in [1.29, 1.82) is 0 Å². The van der Waals surface area contributed by atoms with Crippen LogP contribution in [0.2, 0.25) is 5.15 Å². The zero-order valence-corrected chi connectivity index (χ0v) is 23.7. The van der Waals surface area contributed by atoms with Gasteiger partial charge in [-0.2, -0.15) is 0 Å². The van der Waals surface area contributed by atoms with Gasteiger partial charge in [-0.3, -0.25) is 4.57 Å². The number of hydrogen-bond donors (Lipinski definition) is 0. The lowest BCUT2D eigenvalue weighted by molar-refractivity contribution is 0.0485. The van der Waals surface area contributed by atoms with Gasteiger partial charge >= 0.3 is 7.60 Å². The minimum atomic E-state index is -3.46. The Kier molecular flexibility index (Phi) is 7.27. The van der Waals surface area contributed by atoms with E-state index in [-0.39, 0.29) is 11.3 Å². The molecule has 37 heavy (non-hydrogen) atoms. The van der Waals surface area contributed by atoms with E-state index >= 15 is 0 Å². The molecule has 0 saturated carbocycles. The Morgan fingerprint density at radius 1 is 0.919 bits per heavy atom. The number of aryl methyl sites for hydroxylation is 1. The Morgan fingerprint density at radius 2 is 1.46 bits per heavy atom. The summed E-state index contributed by atoms with van der Waals surface area (Å²) in [5.41, 5.74) is 1.78. The molecule has 2 aromatic carbocycles. The van der Waals surface area contributed by atoms with E-state index in [0.717, 1.165) is 23.3 Å². The number of aromatic nitrogens is 3. The third-order valence-electron chi connectivity index (χ3n) is 5.37. The maximum Gasteiger partial charge on any atom is 0.336 e. The molecular weight excluding hydrogens is 519 g/mol. The lowest BCUT2D eigenvalue weighted by Crippen LogP contribution is -2.24. The minimum Gasteiger partial charge on any atom is -0.332 e. The monoisotopic (exact) mass is 549 g/mol. The van der Waals surface area contributed by atoms with Crippen molar-refractivity contribution in [3.63, 3.8) is 0 Å². The topological polar surface area (TPSA) is 66.2 Å². The van der Waals surface area contributed by atoms with Gasteiger partial charge in [-0.05, 0) is 65.7 Å². The van der Waals surface area contributed by atoms with Crippen LogP contribution in [-0.2, 0) is 26.3 Å². The van der Waals surface area contributed by atoms with Gasteiger partial charge in [0.05, 0.1) is 22.9 Å². The highest BCUT2D eigenvalue weighted by molar-refractivity contribution is 7.53. The Balaban J connectivity index is 1.70. The molecule has 2 aromatic heterocycles. The number of hydrogen-bond acceptors (Lipinski definition) is 5. The van der Waals surface area contributed by atoms with E-state index in [1.807, 2.05) is 65.8 Å². The van der Waals surface area contributed by atoms with Crippen LogP contribution in [0.1, 0.15) is 58.5 Å². The molecule has 0 radical (unpaired) electrons. The third-order valence-corrected chi connectivity index (χ3v) is 8.04. The molecule has 4 rings (SSSR count). The fourth-order valence-electron chi connectivity index (χ4n) is 4.27. The first kappa shape index (κ1) is 27.6. The minimum absolute atomic E-state index is 0.112. The van der Waals surface area contributed by atoms with Gasteiger partial charge in [0.15, 0.2) is 16.8 Å². The number of fused-ring (bicyclic) bond motifs is 3. The quantitative estimate of drug-likeness (QED) is 0.179. The van der Waals surface area contributed by atoms with E-state index in [0.29, 0.717) is 34.3 Å². The van der Waals surface area contributed by atoms with E-state index in [2.05, 4.69) is 9.97 Å². The Bertz CT molecular complexity index is 1500. The van der Waals surface area contributed by atoms with Crippen LogP contribution >= 0.6 is 19.2 Å². The van der Waals surface area contributed by atoms with Gasteiger partial charge in [-0.1, -0.05) is 35.9 Å². The second kappa shape index (κ2) is 9.73. The highest BCUT2D eigenvalue weighted by Gasteiger charge is 2.35. The largest absolute Gasteiger partial charge is 0.336 e. The second-order valence-electron chi connectivity index (χ2n) is 11.1. The number of rotatable bonds is 6. The molecule has 6 nitrogen and oxygen atoms in total. The van der Waals surface area contributed by atoms with Crippen molar-refractivity contribution in [2.45, 2.75) is 72.4 Å². The normalized spacial score (nSPS) is 13.1. The van der Waals surface area contributed by atoms with Crippen LogP contribution in [0.15, 0.2) is 36.4 Å². The molecule has 0 fully saturated rings. The Labute approximate surface area is 220 Å². The van der Waals surface area contributed by atoms with Crippen LogP contribution in [0.5, 0.6) is 0 Å². The van der Waals surface area contributed by atoms with Crippen LogP contribution in [0.3, 0.4) is 0 Å². The second-order valence-corrected chi connectivity index (χ2v) is 13.4. The van der Waals surface area contributed by atoms with Gasteiger partial charge in [0.25, 0.3) is 0 Å². The molecule has 0 bridgehead atoms. The van der Waals surface area contributed by atoms with Crippen molar-refractivity contribution < 1.29 is 22.4 Å². The lowest BCUT2D eigenvalue weighted by Gasteiger charge is -2.32. The smallest absolute Gasteiger partial charge is 0.332 e. The van der Waals surface area contributed by atoms with Crippen LogP contribution in [0, 0.1) is 18.6 Å². The molecule has 0 spiro atoms. The van der Waals surface area contributed by atoms with Crippen molar-refractivity contribution in [1.82, 2.24) is 14.5 Å². The molecule has 0 amide bonds. The van der Waals surface area contributed by atoms with Gasteiger partial charge in [-0.25, -0.2) is 18.7 Å². The fourth-order valence-corrected chi connectivity index (χ4v) is 7.07. The summed E-state index contributed by atoms with van der Waals surface area (Å²) < 4.78 is 55.5. The molecule has 10 heteroatoms. The summed E-state index contributed by atoms with van der Waals surface area (Å²) >= 11 is 6.47. The lowest BCUT2D eigenvalue weighted by atomic mass is 10.1. The van der Waals surface area contributed by atoms with E-state index in [1.54, 1.807) is 11.5 Å².